The third kappa shape index (κ3) is 2.11. The number of carboxylic acid groups (broad SMARTS) is 1. The van der Waals surface area contributed by atoms with Crippen LogP contribution >= 0.6 is 0 Å². The van der Waals surface area contributed by atoms with Crippen molar-refractivity contribution in [1.29, 1.82) is 0 Å². The summed E-state index contributed by atoms with van der Waals surface area (Å²) in [6.45, 7) is 0. The molecule has 0 atom stereocenters. The minimum Gasteiger partial charge on any atom is -0.543 e. The van der Waals surface area contributed by atoms with Crippen LogP contribution in [0.1, 0.15) is 10.5 Å². The standard InChI is InChI=1S/C8H7N3O3.Na/c1-14-7-3-2-6-9-4-5(8(12)13)11(6)10-7;/h2-4H,1H3,(H,12,13);/q;+1/p-1. The van der Waals surface area contributed by atoms with Gasteiger partial charge in [-0.3, -0.25) is 0 Å². The number of rotatable bonds is 2. The summed E-state index contributed by atoms with van der Waals surface area (Å²) in [6.07, 6.45) is 1.19. The van der Waals surface area contributed by atoms with Crippen LogP contribution in [0.15, 0.2) is 18.3 Å². The van der Waals surface area contributed by atoms with Gasteiger partial charge < -0.3 is 14.6 Å². The number of carboxylic acids is 1. The van der Waals surface area contributed by atoms with Crippen LogP contribution in [0, 0.1) is 0 Å². The Bertz CT molecular complexity index is 497. The number of fused-ring (bicyclic) bond motifs is 1. The summed E-state index contributed by atoms with van der Waals surface area (Å²) in [7, 11) is 1.45. The van der Waals surface area contributed by atoms with Gasteiger partial charge in [-0.25, -0.2) is 9.50 Å². The van der Waals surface area contributed by atoms with Crippen molar-refractivity contribution < 1.29 is 44.2 Å². The first-order chi connectivity index (χ1) is 6.72. The summed E-state index contributed by atoms with van der Waals surface area (Å²) in [5, 5.41) is 14.5. The SMILES string of the molecule is COc1ccc2ncc(C(=O)[O-])n2n1.[Na+]. The van der Waals surface area contributed by atoms with E-state index in [1.54, 1.807) is 12.1 Å². The van der Waals surface area contributed by atoms with Gasteiger partial charge in [0.15, 0.2) is 5.65 Å². The first-order valence-corrected chi connectivity index (χ1v) is 3.82. The number of hydrogen-bond donors (Lipinski definition) is 0. The van der Waals surface area contributed by atoms with Crippen LogP contribution in [0.5, 0.6) is 5.88 Å². The predicted molar refractivity (Wildman–Crippen MR) is 43.9 cm³/mol. The van der Waals surface area contributed by atoms with E-state index in [-0.39, 0.29) is 35.3 Å². The van der Waals surface area contributed by atoms with Crippen molar-refractivity contribution in [3.8, 4) is 5.88 Å². The number of aromatic nitrogens is 3. The third-order valence-corrected chi connectivity index (χ3v) is 1.76. The van der Waals surface area contributed by atoms with Crippen molar-refractivity contribution in [3.63, 3.8) is 0 Å². The van der Waals surface area contributed by atoms with Gasteiger partial charge in [0.1, 0.15) is 5.69 Å². The molecule has 0 bridgehead atoms. The third-order valence-electron chi connectivity index (χ3n) is 1.76. The molecule has 2 rings (SSSR count). The minimum absolute atomic E-state index is 0. The van der Waals surface area contributed by atoms with Gasteiger partial charge in [0, 0.05) is 6.07 Å². The predicted octanol–water partition coefficient (Wildman–Crippen LogP) is -3.89. The summed E-state index contributed by atoms with van der Waals surface area (Å²) >= 11 is 0. The van der Waals surface area contributed by atoms with E-state index < -0.39 is 5.97 Å². The molecule has 0 fully saturated rings. The Morgan fingerprint density at radius 1 is 1.53 bits per heavy atom. The van der Waals surface area contributed by atoms with Crippen LogP contribution < -0.4 is 39.4 Å². The molecule has 0 saturated heterocycles. The van der Waals surface area contributed by atoms with Crippen molar-refractivity contribution in [3.05, 3.63) is 24.0 Å². The molecule has 72 valence electrons. The van der Waals surface area contributed by atoms with E-state index in [9.17, 15) is 9.90 Å². The Morgan fingerprint density at radius 2 is 2.27 bits per heavy atom. The molecular formula is C8H6N3NaO3. The maximum absolute atomic E-state index is 10.6. The fraction of sp³-hybridized carbons (Fsp3) is 0.125. The van der Waals surface area contributed by atoms with E-state index in [1.807, 2.05) is 0 Å². The molecule has 0 aliphatic heterocycles. The van der Waals surface area contributed by atoms with Crippen molar-refractivity contribution in [2.24, 2.45) is 0 Å². The molecule has 2 aromatic heterocycles. The molecular weight excluding hydrogens is 209 g/mol. The summed E-state index contributed by atoms with van der Waals surface area (Å²) < 4.78 is 6.01. The molecule has 15 heavy (non-hydrogen) atoms. The summed E-state index contributed by atoms with van der Waals surface area (Å²) in [4.78, 5) is 14.5. The smallest absolute Gasteiger partial charge is 0.543 e. The molecule has 7 heteroatoms. The van der Waals surface area contributed by atoms with Gasteiger partial charge in [0.05, 0.1) is 19.3 Å². The molecule has 0 aliphatic rings. The fourth-order valence-corrected chi connectivity index (χ4v) is 1.10. The van der Waals surface area contributed by atoms with E-state index in [2.05, 4.69) is 10.1 Å². The van der Waals surface area contributed by atoms with Gasteiger partial charge in [0.25, 0.3) is 0 Å². The Kier molecular flexibility index (Phi) is 3.67. The van der Waals surface area contributed by atoms with Crippen molar-refractivity contribution in [2.75, 3.05) is 7.11 Å². The summed E-state index contributed by atoms with van der Waals surface area (Å²) in [5.74, 6) is -1.00. The van der Waals surface area contributed by atoms with Crippen molar-refractivity contribution in [1.82, 2.24) is 14.6 Å². The van der Waals surface area contributed by atoms with E-state index in [0.29, 0.717) is 11.5 Å². The van der Waals surface area contributed by atoms with Crippen LogP contribution in [0.4, 0.5) is 0 Å². The average Bonchev–Trinajstić information content (AvgIpc) is 2.59. The number of carbonyl (C=O) groups excluding carboxylic acids is 1. The average molecular weight is 215 g/mol. The first kappa shape index (κ1) is 12.0. The Morgan fingerprint density at radius 3 is 2.87 bits per heavy atom. The van der Waals surface area contributed by atoms with E-state index in [1.165, 1.54) is 13.3 Å². The zero-order valence-corrected chi connectivity index (χ0v) is 10.3. The molecule has 0 N–H and O–H groups in total. The molecule has 0 spiro atoms. The monoisotopic (exact) mass is 215 g/mol. The normalized spacial score (nSPS) is 9.67. The molecule has 0 amide bonds. The van der Waals surface area contributed by atoms with Gasteiger partial charge in [-0.2, -0.15) is 0 Å². The fourth-order valence-electron chi connectivity index (χ4n) is 1.10. The summed E-state index contributed by atoms with van der Waals surface area (Å²) in [5.41, 5.74) is 0.337. The summed E-state index contributed by atoms with van der Waals surface area (Å²) in [6, 6.07) is 3.21. The number of hydrogen-bond acceptors (Lipinski definition) is 5. The first-order valence-electron chi connectivity index (χ1n) is 3.82. The van der Waals surface area contributed by atoms with Gasteiger partial charge >= 0.3 is 29.6 Å². The molecule has 0 unspecified atom stereocenters. The van der Waals surface area contributed by atoms with Gasteiger partial charge in [0.2, 0.25) is 5.88 Å². The van der Waals surface area contributed by atoms with E-state index in [4.69, 9.17) is 4.74 Å². The second kappa shape index (κ2) is 4.61. The van der Waals surface area contributed by atoms with Crippen LogP contribution in [0.25, 0.3) is 5.65 Å². The minimum atomic E-state index is -1.32. The number of methoxy groups -OCH3 is 1. The molecule has 0 aliphatic carbocycles. The van der Waals surface area contributed by atoms with Crippen molar-refractivity contribution >= 4 is 11.6 Å². The Hall–Kier alpha value is -1.11. The molecule has 0 radical (unpaired) electrons. The largest absolute Gasteiger partial charge is 1.00 e. The second-order valence-corrected chi connectivity index (χ2v) is 2.58. The van der Waals surface area contributed by atoms with Gasteiger partial charge in [-0.05, 0) is 6.07 Å². The molecule has 2 aromatic rings. The second-order valence-electron chi connectivity index (χ2n) is 2.58. The molecule has 2 heterocycles. The maximum atomic E-state index is 10.6. The number of ether oxygens (including phenoxy) is 1. The maximum Gasteiger partial charge on any atom is 1.00 e. The van der Waals surface area contributed by atoms with Crippen LogP contribution in [-0.2, 0) is 0 Å². The molecule has 6 nitrogen and oxygen atoms in total. The zero-order chi connectivity index (χ0) is 10.1. The van der Waals surface area contributed by atoms with Crippen molar-refractivity contribution in [2.45, 2.75) is 0 Å². The van der Waals surface area contributed by atoms with Gasteiger partial charge in [-0.1, -0.05) is 0 Å². The Balaban J connectivity index is 0.00000112. The zero-order valence-electron chi connectivity index (χ0n) is 8.30. The number of aromatic carboxylic acids is 1. The number of nitrogens with zero attached hydrogens (tertiary/aromatic N) is 3. The van der Waals surface area contributed by atoms with Crippen LogP contribution in [0.3, 0.4) is 0 Å². The number of carbonyl (C=O) groups is 1. The number of imidazole rings is 1. The van der Waals surface area contributed by atoms with Gasteiger partial charge in [-0.15, -0.1) is 5.10 Å². The topological polar surface area (TPSA) is 79.5 Å². The van der Waals surface area contributed by atoms with E-state index in [0.717, 1.165) is 4.52 Å². The quantitative estimate of drug-likeness (QED) is 0.478. The van der Waals surface area contributed by atoms with E-state index >= 15 is 0 Å². The van der Waals surface area contributed by atoms with Crippen LogP contribution in [-0.4, -0.2) is 27.7 Å². The Labute approximate surface area is 107 Å². The molecule has 0 saturated carbocycles. The van der Waals surface area contributed by atoms with Crippen LogP contribution in [0.2, 0.25) is 0 Å². The molecule has 0 aromatic carbocycles.